The lowest BCUT2D eigenvalue weighted by Gasteiger charge is -2.29. The Hall–Kier alpha value is -0.0800. The third-order valence-corrected chi connectivity index (χ3v) is 3.29. The Morgan fingerprint density at radius 2 is 1.93 bits per heavy atom. The molecular weight excluding hydrogens is 174 g/mol. The molecule has 1 rings (SSSR count). The molecule has 0 amide bonds. The second-order valence-electron chi connectivity index (χ2n) is 4.63. The fourth-order valence-electron chi connectivity index (χ4n) is 2.19. The smallest absolute Gasteiger partial charge is 0.0588 e. The Labute approximate surface area is 88.2 Å². The van der Waals surface area contributed by atoms with Crippen LogP contribution in [0.4, 0.5) is 0 Å². The summed E-state index contributed by atoms with van der Waals surface area (Å²) in [6.07, 6.45) is 8.21. The molecule has 2 N–H and O–H groups in total. The highest BCUT2D eigenvalue weighted by molar-refractivity contribution is 4.71. The van der Waals surface area contributed by atoms with Crippen LogP contribution in [0.25, 0.3) is 0 Å². The van der Waals surface area contributed by atoms with Crippen molar-refractivity contribution in [2.24, 2.45) is 11.7 Å². The van der Waals surface area contributed by atoms with E-state index in [4.69, 9.17) is 10.5 Å². The predicted octanol–water partition coefficient (Wildman–Crippen LogP) is 2.71. The molecule has 0 bridgehead atoms. The van der Waals surface area contributed by atoms with E-state index in [-0.39, 0.29) is 0 Å². The van der Waals surface area contributed by atoms with Crippen molar-refractivity contribution >= 4 is 0 Å². The first kappa shape index (κ1) is 12.0. The van der Waals surface area contributed by atoms with Gasteiger partial charge in [-0.1, -0.05) is 13.8 Å². The molecule has 1 atom stereocenters. The van der Waals surface area contributed by atoms with E-state index >= 15 is 0 Å². The third-order valence-electron chi connectivity index (χ3n) is 3.29. The van der Waals surface area contributed by atoms with Gasteiger partial charge in [-0.05, 0) is 51.0 Å². The number of hydrogen-bond donors (Lipinski definition) is 1. The van der Waals surface area contributed by atoms with Crippen molar-refractivity contribution in [1.82, 2.24) is 0 Å². The molecule has 0 spiro atoms. The Kier molecular flexibility index (Phi) is 5.49. The Balaban J connectivity index is 2.21. The summed E-state index contributed by atoms with van der Waals surface area (Å²) in [5.41, 5.74) is 5.55. The second-order valence-corrected chi connectivity index (χ2v) is 4.63. The number of hydrogen-bond acceptors (Lipinski definition) is 2. The van der Waals surface area contributed by atoms with Crippen molar-refractivity contribution in [3.63, 3.8) is 0 Å². The molecule has 2 heteroatoms. The molecule has 0 aromatic carbocycles. The van der Waals surface area contributed by atoms with Gasteiger partial charge < -0.3 is 10.5 Å². The molecule has 0 aliphatic heterocycles. The van der Waals surface area contributed by atoms with Gasteiger partial charge >= 0.3 is 0 Å². The summed E-state index contributed by atoms with van der Waals surface area (Å²) in [5.74, 6) is 0.907. The zero-order chi connectivity index (χ0) is 10.4. The van der Waals surface area contributed by atoms with E-state index in [2.05, 4.69) is 13.8 Å². The molecule has 84 valence electrons. The molecule has 1 aliphatic carbocycles. The van der Waals surface area contributed by atoms with Crippen LogP contribution >= 0.6 is 0 Å². The third kappa shape index (κ3) is 3.97. The first-order valence-corrected chi connectivity index (χ1v) is 6.11. The molecule has 2 nitrogen and oxygen atoms in total. The van der Waals surface area contributed by atoms with Gasteiger partial charge in [0, 0.05) is 0 Å². The molecule has 0 aromatic rings. The lowest BCUT2D eigenvalue weighted by atomic mass is 9.89. The van der Waals surface area contributed by atoms with Gasteiger partial charge in [0.05, 0.1) is 12.2 Å². The molecule has 14 heavy (non-hydrogen) atoms. The van der Waals surface area contributed by atoms with Crippen molar-refractivity contribution < 1.29 is 4.74 Å². The maximum Gasteiger partial charge on any atom is 0.0588 e. The Morgan fingerprint density at radius 3 is 2.43 bits per heavy atom. The van der Waals surface area contributed by atoms with Crippen LogP contribution in [0.5, 0.6) is 0 Å². The van der Waals surface area contributed by atoms with Gasteiger partial charge in [0.15, 0.2) is 0 Å². The number of ether oxygens (including phenoxy) is 1. The fourth-order valence-corrected chi connectivity index (χ4v) is 2.19. The van der Waals surface area contributed by atoms with E-state index in [0.29, 0.717) is 12.2 Å². The van der Waals surface area contributed by atoms with Gasteiger partial charge in [0.1, 0.15) is 0 Å². The van der Waals surface area contributed by atoms with Crippen molar-refractivity contribution in [3.8, 4) is 0 Å². The summed E-state index contributed by atoms with van der Waals surface area (Å²) in [7, 11) is 0. The highest BCUT2D eigenvalue weighted by Gasteiger charge is 2.20. The second kappa shape index (κ2) is 6.41. The van der Waals surface area contributed by atoms with Crippen molar-refractivity contribution in [2.75, 3.05) is 6.54 Å². The SMILES string of the molecule is CCC(CCN)OC1CCC(C)CC1. The molecule has 1 fully saturated rings. The van der Waals surface area contributed by atoms with Gasteiger partial charge in [-0.2, -0.15) is 0 Å². The van der Waals surface area contributed by atoms with Crippen molar-refractivity contribution in [3.05, 3.63) is 0 Å². The maximum atomic E-state index is 6.05. The normalized spacial score (nSPS) is 30.2. The van der Waals surface area contributed by atoms with Crippen LogP contribution in [0, 0.1) is 5.92 Å². The van der Waals surface area contributed by atoms with Crippen LogP contribution in [0.3, 0.4) is 0 Å². The first-order chi connectivity index (χ1) is 6.76. The quantitative estimate of drug-likeness (QED) is 0.739. The first-order valence-electron chi connectivity index (χ1n) is 6.11. The lowest BCUT2D eigenvalue weighted by molar-refractivity contribution is -0.0390. The maximum absolute atomic E-state index is 6.05. The Morgan fingerprint density at radius 1 is 1.29 bits per heavy atom. The molecule has 1 unspecified atom stereocenters. The highest BCUT2D eigenvalue weighted by Crippen LogP contribution is 2.27. The van der Waals surface area contributed by atoms with E-state index in [1.165, 1.54) is 25.7 Å². The number of rotatable bonds is 5. The molecule has 0 aromatic heterocycles. The standard InChI is InChI=1S/C12H25NO/c1-3-11(8-9-13)14-12-6-4-10(2)5-7-12/h10-12H,3-9,13H2,1-2H3. The molecular formula is C12H25NO. The minimum absolute atomic E-state index is 0.401. The Bertz CT molecular complexity index is 141. The van der Waals surface area contributed by atoms with Crippen LogP contribution in [0.1, 0.15) is 52.4 Å². The average Bonchev–Trinajstić information content (AvgIpc) is 2.20. The van der Waals surface area contributed by atoms with Gasteiger partial charge in [-0.3, -0.25) is 0 Å². The summed E-state index contributed by atoms with van der Waals surface area (Å²) in [6.45, 7) is 5.28. The van der Waals surface area contributed by atoms with Crippen LogP contribution < -0.4 is 5.73 Å². The van der Waals surface area contributed by atoms with E-state index in [1.807, 2.05) is 0 Å². The lowest BCUT2D eigenvalue weighted by Crippen LogP contribution is -2.27. The van der Waals surface area contributed by atoms with Crippen LogP contribution in [-0.2, 0) is 4.74 Å². The molecule has 0 heterocycles. The molecule has 1 saturated carbocycles. The summed E-state index contributed by atoms with van der Waals surface area (Å²) in [5, 5.41) is 0. The van der Waals surface area contributed by atoms with Gasteiger partial charge in [-0.25, -0.2) is 0 Å². The average molecular weight is 199 g/mol. The molecule has 1 aliphatic rings. The van der Waals surface area contributed by atoms with E-state index in [0.717, 1.165) is 25.3 Å². The number of nitrogens with two attached hydrogens (primary N) is 1. The monoisotopic (exact) mass is 199 g/mol. The molecule has 0 saturated heterocycles. The minimum atomic E-state index is 0.401. The van der Waals surface area contributed by atoms with Gasteiger partial charge in [0.2, 0.25) is 0 Å². The van der Waals surface area contributed by atoms with Crippen molar-refractivity contribution in [2.45, 2.75) is 64.6 Å². The van der Waals surface area contributed by atoms with Gasteiger partial charge in [-0.15, -0.1) is 0 Å². The van der Waals surface area contributed by atoms with E-state index in [1.54, 1.807) is 0 Å². The zero-order valence-electron chi connectivity index (χ0n) is 9.67. The fraction of sp³-hybridized carbons (Fsp3) is 1.00. The summed E-state index contributed by atoms with van der Waals surface area (Å²) in [6, 6.07) is 0. The summed E-state index contributed by atoms with van der Waals surface area (Å²) in [4.78, 5) is 0. The summed E-state index contributed by atoms with van der Waals surface area (Å²) < 4.78 is 6.05. The topological polar surface area (TPSA) is 35.2 Å². The molecule has 0 radical (unpaired) electrons. The van der Waals surface area contributed by atoms with Crippen LogP contribution in [-0.4, -0.2) is 18.8 Å². The van der Waals surface area contributed by atoms with Crippen LogP contribution in [0.15, 0.2) is 0 Å². The zero-order valence-corrected chi connectivity index (χ0v) is 9.67. The van der Waals surface area contributed by atoms with Crippen molar-refractivity contribution in [1.29, 1.82) is 0 Å². The van der Waals surface area contributed by atoms with E-state index in [9.17, 15) is 0 Å². The summed E-state index contributed by atoms with van der Waals surface area (Å²) >= 11 is 0. The van der Waals surface area contributed by atoms with Crippen LogP contribution in [0.2, 0.25) is 0 Å². The minimum Gasteiger partial charge on any atom is -0.375 e. The predicted molar refractivity (Wildman–Crippen MR) is 60.3 cm³/mol. The van der Waals surface area contributed by atoms with Gasteiger partial charge in [0.25, 0.3) is 0 Å². The largest absolute Gasteiger partial charge is 0.375 e. The van der Waals surface area contributed by atoms with E-state index < -0.39 is 0 Å². The highest BCUT2D eigenvalue weighted by atomic mass is 16.5.